The second-order valence-electron chi connectivity index (χ2n) is 4.69. The maximum absolute atomic E-state index is 4.44. The molecule has 1 heterocycles. The standard InChI is InChI=1S/C11H18N2S2/c1-9-10(15-8-12-9)5-13(2)6-11(7-14)3-4-11/h8,14H,3-7H2,1-2H3. The highest BCUT2D eigenvalue weighted by molar-refractivity contribution is 7.80. The van der Waals surface area contributed by atoms with E-state index in [9.17, 15) is 0 Å². The van der Waals surface area contributed by atoms with Gasteiger partial charge in [0.2, 0.25) is 0 Å². The second-order valence-corrected chi connectivity index (χ2v) is 5.95. The fraction of sp³-hybridized carbons (Fsp3) is 0.727. The van der Waals surface area contributed by atoms with Gasteiger partial charge in [0.1, 0.15) is 0 Å². The molecule has 2 rings (SSSR count). The van der Waals surface area contributed by atoms with Gasteiger partial charge in [-0.15, -0.1) is 11.3 Å². The maximum Gasteiger partial charge on any atom is 0.0798 e. The summed E-state index contributed by atoms with van der Waals surface area (Å²) in [6.45, 7) is 4.30. The molecule has 0 N–H and O–H groups in total. The summed E-state index contributed by atoms with van der Waals surface area (Å²) in [5, 5.41) is 0. The van der Waals surface area contributed by atoms with Crippen LogP contribution in [0.2, 0.25) is 0 Å². The summed E-state index contributed by atoms with van der Waals surface area (Å²) < 4.78 is 0. The van der Waals surface area contributed by atoms with Crippen molar-refractivity contribution < 1.29 is 0 Å². The first-order valence-electron chi connectivity index (χ1n) is 5.34. The Morgan fingerprint density at radius 2 is 2.33 bits per heavy atom. The van der Waals surface area contributed by atoms with Crippen LogP contribution in [0, 0.1) is 12.3 Å². The van der Waals surface area contributed by atoms with E-state index in [0.29, 0.717) is 5.41 Å². The maximum atomic E-state index is 4.44. The van der Waals surface area contributed by atoms with Crippen LogP contribution in [0.25, 0.3) is 0 Å². The third kappa shape index (κ3) is 2.74. The molecule has 0 radical (unpaired) electrons. The van der Waals surface area contributed by atoms with E-state index >= 15 is 0 Å². The number of aromatic nitrogens is 1. The molecule has 0 aliphatic heterocycles. The van der Waals surface area contributed by atoms with Crippen molar-refractivity contribution in [2.24, 2.45) is 5.41 Å². The zero-order valence-electron chi connectivity index (χ0n) is 9.36. The molecule has 0 saturated heterocycles. The van der Waals surface area contributed by atoms with Crippen LogP contribution in [0.4, 0.5) is 0 Å². The lowest BCUT2D eigenvalue weighted by Crippen LogP contribution is -2.27. The van der Waals surface area contributed by atoms with Crippen LogP contribution in [0.3, 0.4) is 0 Å². The largest absolute Gasteiger partial charge is 0.301 e. The number of hydrogen-bond donors (Lipinski definition) is 1. The van der Waals surface area contributed by atoms with Crippen molar-refractivity contribution >= 4 is 24.0 Å². The lowest BCUT2D eigenvalue weighted by molar-refractivity contribution is 0.272. The van der Waals surface area contributed by atoms with E-state index in [1.54, 1.807) is 11.3 Å². The molecular formula is C11H18N2S2. The Kier molecular flexibility index (Phi) is 3.38. The Labute approximate surface area is 101 Å². The Morgan fingerprint density at radius 1 is 1.60 bits per heavy atom. The summed E-state index contributed by atoms with van der Waals surface area (Å²) in [7, 11) is 2.20. The summed E-state index contributed by atoms with van der Waals surface area (Å²) in [4.78, 5) is 8.08. The van der Waals surface area contributed by atoms with Crippen LogP contribution in [0.5, 0.6) is 0 Å². The molecule has 1 aromatic rings. The summed E-state index contributed by atoms with van der Waals surface area (Å²) in [5.74, 6) is 1.03. The molecule has 15 heavy (non-hydrogen) atoms. The molecule has 0 aromatic carbocycles. The molecule has 0 spiro atoms. The number of rotatable bonds is 5. The van der Waals surface area contributed by atoms with Crippen molar-refractivity contribution in [1.82, 2.24) is 9.88 Å². The average Bonchev–Trinajstić information content (AvgIpc) is 2.86. The number of thiazole rings is 1. The van der Waals surface area contributed by atoms with Gasteiger partial charge in [-0.2, -0.15) is 12.6 Å². The predicted octanol–water partition coefficient (Wildman–Crippen LogP) is 2.59. The Balaban J connectivity index is 1.87. The number of aryl methyl sites for hydroxylation is 1. The molecule has 0 bridgehead atoms. The van der Waals surface area contributed by atoms with Crippen LogP contribution in [0.15, 0.2) is 5.51 Å². The lowest BCUT2D eigenvalue weighted by atomic mass is 10.1. The van der Waals surface area contributed by atoms with Crippen molar-refractivity contribution in [1.29, 1.82) is 0 Å². The molecule has 1 aliphatic rings. The third-order valence-corrected chi connectivity index (χ3v) is 4.75. The summed E-state index contributed by atoms with van der Waals surface area (Å²) >= 11 is 6.20. The Hall–Kier alpha value is -0.0600. The molecule has 1 aromatic heterocycles. The van der Waals surface area contributed by atoms with Gasteiger partial charge in [-0.3, -0.25) is 0 Å². The molecule has 1 fully saturated rings. The van der Waals surface area contributed by atoms with Gasteiger partial charge in [-0.25, -0.2) is 4.98 Å². The van der Waals surface area contributed by atoms with Gasteiger partial charge in [0.25, 0.3) is 0 Å². The van der Waals surface area contributed by atoms with E-state index in [-0.39, 0.29) is 0 Å². The molecule has 4 heteroatoms. The van der Waals surface area contributed by atoms with Crippen LogP contribution in [-0.2, 0) is 6.54 Å². The number of hydrogen-bond acceptors (Lipinski definition) is 4. The molecule has 1 aliphatic carbocycles. The number of nitrogens with zero attached hydrogens (tertiary/aromatic N) is 2. The SMILES string of the molecule is Cc1ncsc1CN(C)CC1(CS)CC1. The quantitative estimate of drug-likeness (QED) is 0.799. The van der Waals surface area contributed by atoms with E-state index in [0.717, 1.165) is 12.3 Å². The van der Waals surface area contributed by atoms with E-state index in [1.807, 2.05) is 5.51 Å². The van der Waals surface area contributed by atoms with Gasteiger partial charge in [-0.1, -0.05) is 0 Å². The van der Waals surface area contributed by atoms with Gasteiger partial charge in [0.15, 0.2) is 0 Å². The second kappa shape index (κ2) is 4.44. The summed E-state index contributed by atoms with van der Waals surface area (Å²) in [6, 6.07) is 0. The van der Waals surface area contributed by atoms with Crippen molar-refractivity contribution in [3.05, 3.63) is 16.1 Å². The molecule has 0 amide bonds. The van der Waals surface area contributed by atoms with Crippen LogP contribution >= 0.6 is 24.0 Å². The summed E-state index contributed by atoms with van der Waals surface area (Å²) in [6.07, 6.45) is 2.70. The highest BCUT2D eigenvalue weighted by Gasteiger charge is 2.41. The molecule has 84 valence electrons. The molecule has 2 nitrogen and oxygen atoms in total. The minimum Gasteiger partial charge on any atom is -0.301 e. The van der Waals surface area contributed by atoms with Gasteiger partial charge in [-0.05, 0) is 38.0 Å². The van der Waals surface area contributed by atoms with Gasteiger partial charge in [0.05, 0.1) is 11.2 Å². The van der Waals surface area contributed by atoms with Gasteiger partial charge >= 0.3 is 0 Å². The Bertz CT molecular complexity index is 331. The normalized spacial score (nSPS) is 18.4. The van der Waals surface area contributed by atoms with Crippen LogP contribution < -0.4 is 0 Å². The van der Waals surface area contributed by atoms with Crippen LogP contribution in [0.1, 0.15) is 23.4 Å². The predicted molar refractivity (Wildman–Crippen MR) is 68.7 cm³/mol. The molecule has 1 saturated carbocycles. The van der Waals surface area contributed by atoms with E-state index in [1.165, 1.54) is 30.0 Å². The minimum atomic E-state index is 0.524. The lowest BCUT2D eigenvalue weighted by Gasteiger charge is -2.21. The highest BCUT2D eigenvalue weighted by atomic mass is 32.1. The minimum absolute atomic E-state index is 0.524. The van der Waals surface area contributed by atoms with Crippen molar-refractivity contribution in [2.45, 2.75) is 26.3 Å². The zero-order valence-corrected chi connectivity index (χ0v) is 11.1. The molecule has 0 unspecified atom stereocenters. The monoisotopic (exact) mass is 242 g/mol. The van der Waals surface area contributed by atoms with Crippen molar-refractivity contribution in [3.8, 4) is 0 Å². The van der Waals surface area contributed by atoms with Crippen molar-refractivity contribution in [2.75, 3.05) is 19.3 Å². The molecule has 0 atom stereocenters. The first-order chi connectivity index (χ1) is 7.15. The van der Waals surface area contributed by atoms with E-state index in [4.69, 9.17) is 0 Å². The fourth-order valence-corrected chi connectivity index (χ4v) is 3.17. The van der Waals surface area contributed by atoms with E-state index in [2.05, 4.69) is 36.5 Å². The van der Waals surface area contributed by atoms with Gasteiger partial charge < -0.3 is 4.90 Å². The summed E-state index contributed by atoms with van der Waals surface area (Å²) in [5.41, 5.74) is 3.64. The first-order valence-corrected chi connectivity index (χ1v) is 6.85. The first kappa shape index (κ1) is 11.4. The number of thiol groups is 1. The smallest absolute Gasteiger partial charge is 0.0798 e. The fourth-order valence-electron chi connectivity index (χ4n) is 1.89. The third-order valence-electron chi connectivity index (χ3n) is 3.16. The van der Waals surface area contributed by atoms with E-state index < -0.39 is 0 Å². The molecular weight excluding hydrogens is 224 g/mol. The topological polar surface area (TPSA) is 16.1 Å². The van der Waals surface area contributed by atoms with Crippen LogP contribution in [-0.4, -0.2) is 29.2 Å². The zero-order chi connectivity index (χ0) is 10.9. The Morgan fingerprint density at radius 3 is 2.80 bits per heavy atom. The van der Waals surface area contributed by atoms with Gasteiger partial charge in [0, 0.05) is 18.0 Å². The average molecular weight is 242 g/mol. The highest BCUT2D eigenvalue weighted by Crippen LogP contribution is 2.47. The van der Waals surface area contributed by atoms with Crippen molar-refractivity contribution in [3.63, 3.8) is 0 Å².